The Bertz CT molecular complexity index is 1250. The minimum absolute atomic E-state index is 0.170. The summed E-state index contributed by atoms with van der Waals surface area (Å²) in [7, 11) is 5.86. The lowest BCUT2D eigenvalue weighted by atomic mass is 10.2. The predicted molar refractivity (Wildman–Crippen MR) is 143 cm³/mol. The molecule has 10 heteroatoms. The monoisotopic (exact) mass is 508 g/mol. The van der Waals surface area contributed by atoms with Crippen molar-refractivity contribution in [2.75, 3.05) is 49.8 Å². The summed E-state index contributed by atoms with van der Waals surface area (Å²) in [5.41, 5.74) is 2.37. The molecule has 2 N–H and O–H groups in total. The van der Waals surface area contributed by atoms with Crippen LogP contribution in [0.25, 0.3) is 0 Å². The van der Waals surface area contributed by atoms with Crippen LogP contribution >= 0.6 is 11.6 Å². The zero-order valence-electron chi connectivity index (χ0n) is 20.5. The largest absolute Gasteiger partial charge is 0.494 e. The van der Waals surface area contributed by atoms with Crippen LogP contribution in [0.15, 0.2) is 61.3 Å². The first-order chi connectivity index (χ1) is 17.4. The Kier molecular flexibility index (Phi) is 7.92. The van der Waals surface area contributed by atoms with Gasteiger partial charge in [-0.05, 0) is 50.9 Å². The average Bonchev–Trinajstić information content (AvgIpc) is 3.37. The van der Waals surface area contributed by atoms with Crippen LogP contribution in [0.4, 0.5) is 23.0 Å². The molecule has 1 aliphatic heterocycles. The standard InChI is InChI=1S/C26H29ClN6O3/c1-5-24(34)29-17-7-6-8-20(13-17)36-25-21(27)15-28-26(31-25)30-22-10-9-18(14-23(22)35-4)33-12-11-19(16-33)32(2)3/h5-10,13-15,19H,1,11-12,16H2,2-4H3,(H,29,34)(H,28,30,31). The molecule has 3 aromatic rings. The van der Waals surface area contributed by atoms with E-state index in [9.17, 15) is 4.79 Å². The van der Waals surface area contributed by atoms with Gasteiger partial charge in [0.05, 0.1) is 19.0 Å². The van der Waals surface area contributed by atoms with Gasteiger partial charge in [0, 0.05) is 42.6 Å². The van der Waals surface area contributed by atoms with Crippen molar-refractivity contribution in [3.8, 4) is 17.4 Å². The van der Waals surface area contributed by atoms with Crippen LogP contribution in [0.2, 0.25) is 5.02 Å². The van der Waals surface area contributed by atoms with Gasteiger partial charge in [0.2, 0.25) is 17.7 Å². The average molecular weight is 509 g/mol. The highest BCUT2D eigenvalue weighted by atomic mass is 35.5. The molecule has 2 aromatic carbocycles. The topological polar surface area (TPSA) is 91.8 Å². The number of nitrogens with zero attached hydrogens (tertiary/aromatic N) is 4. The molecule has 0 radical (unpaired) electrons. The number of amides is 1. The van der Waals surface area contributed by atoms with Crippen molar-refractivity contribution in [1.29, 1.82) is 0 Å². The summed E-state index contributed by atoms with van der Waals surface area (Å²) in [5.74, 6) is 1.27. The number of carbonyl (C=O) groups excluding carboxylic acids is 1. The highest BCUT2D eigenvalue weighted by Crippen LogP contribution is 2.34. The van der Waals surface area contributed by atoms with Crippen molar-refractivity contribution in [1.82, 2.24) is 14.9 Å². The van der Waals surface area contributed by atoms with Gasteiger partial charge in [0.1, 0.15) is 16.5 Å². The molecular weight excluding hydrogens is 480 g/mol. The molecule has 1 aliphatic rings. The van der Waals surface area contributed by atoms with Gasteiger partial charge in [0.25, 0.3) is 0 Å². The number of hydrogen-bond donors (Lipinski definition) is 2. The molecule has 1 atom stereocenters. The first-order valence-corrected chi connectivity index (χ1v) is 11.8. The minimum Gasteiger partial charge on any atom is -0.494 e. The summed E-state index contributed by atoms with van der Waals surface area (Å²) < 4.78 is 11.5. The van der Waals surface area contributed by atoms with Crippen LogP contribution in [0.5, 0.6) is 17.4 Å². The first-order valence-electron chi connectivity index (χ1n) is 11.5. The molecule has 0 aliphatic carbocycles. The number of methoxy groups -OCH3 is 1. The molecule has 1 saturated heterocycles. The lowest BCUT2D eigenvalue weighted by molar-refractivity contribution is -0.111. The fraction of sp³-hybridized carbons (Fsp3) is 0.269. The second-order valence-electron chi connectivity index (χ2n) is 8.53. The number of likely N-dealkylation sites (N-methyl/N-ethyl adjacent to an activating group) is 1. The number of aromatic nitrogens is 2. The fourth-order valence-electron chi connectivity index (χ4n) is 3.92. The van der Waals surface area contributed by atoms with Crippen molar-refractivity contribution in [2.24, 2.45) is 0 Å². The highest BCUT2D eigenvalue weighted by Gasteiger charge is 2.24. The number of carbonyl (C=O) groups is 1. The molecule has 0 saturated carbocycles. The maximum atomic E-state index is 11.6. The van der Waals surface area contributed by atoms with Gasteiger partial charge in [-0.2, -0.15) is 4.98 Å². The molecule has 1 aromatic heterocycles. The first kappa shape index (κ1) is 25.3. The second-order valence-corrected chi connectivity index (χ2v) is 8.94. The van der Waals surface area contributed by atoms with Crippen molar-refractivity contribution < 1.29 is 14.3 Å². The van der Waals surface area contributed by atoms with E-state index in [1.54, 1.807) is 31.4 Å². The van der Waals surface area contributed by atoms with Crippen LogP contribution in [-0.4, -0.2) is 61.1 Å². The van der Waals surface area contributed by atoms with E-state index in [4.69, 9.17) is 21.1 Å². The van der Waals surface area contributed by atoms with Gasteiger partial charge in [-0.1, -0.05) is 24.2 Å². The number of ether oxygens (including phenoxy) is 2. The van der Waals surface area contributed by atoms with Crippen LogP contribution < -0.4 is 25.0 Å². The third kappa shape index (κ3) is 6.05. The third-order valence-electron chi connectivity index (χ3n) is 5.90. The Labute approximate surface area is 215 Å². The molecule has 36 heavy (non-hydrogen) atoms. The summed E-state index contributed by atoms with van der Waals surface area (Å²) in [5, 5.41) is 6.12. The maximum Gasteiger partial charge on any atom is 0.247 e. The Morgan fingerprint density at radius 2 is 2.11 bits per heavy atom. The van der Waals surface area contributed by atoms with E-state index in [2.05, 4.69) is 57.1 Å². The molecule has 1 unspecified atom stereocenters. The van der Waals surface area contributed by atoms with Crippen LogP contribution in [0.1, 0.15) is 6.42 Å². The summed E-state index contributed by atoms with van der Waals surface area (Å²) in [4.78, 5) is 24.9. The van der Waals surface area contributed by atoms with Gasteiger partial charge < -0.3 is 29.9 Å². The number of nitrogens with one attached hydrogen (secondary N) is 2. The molecule has 1 fully saturated rings. The maximum absolute atomic E-state index is 11.6. The van der Waals surface area contributed by atoms with Crippen molar-refractivity contribution in [2.45, 2.75) is 12.5 Å². The SMILES string of the molecule is C=CC(=O)Nc1cccc(Oc2nc(Nc3ccc(N4CCC(N(C)C)C4)cc3OC)ncc2Cl)c1. The summed E-state index contributed by atoms with van der Waals surface area (Å²) in [6.45, 7) is 5.42. The third-order valence-corrected chi connectivity index (χ3v) is 6.16. The Balaban J connectivity index is 1.50. The molecule has 4 rings (SSSR count). The summed E-state index contributed by atoms with van der Waals surface area (Å²) >= 11 is 6.29. The number of rotatable bonds is 9. The Morgan fingerprint density at radius 1 is 1.28 bits per heavy atom. The number of benzene rings is 2. The number of hydrogen-bond acceptors (Lipinski definition) is 8. The predicted octanol–water partition coefficient (Wildman–Crippen LogP) is 4.94. The molecular formula is C26H29ClN6O3. The minimum atomic E-state index is -0.319. The molecule has 2 heterocycles. The smallest absolute Gasteiger partial charge is 0.247 e. The van der Waals surface area contributed by atoms with E-state index >= 15 is 0 Å². The van der Waals surface area contributed by atoms with Crippen LogP contribution in [0.3, 0.4) is 0 Å². The quantitative estimate of drug-likeness (QED) is 0.393. The summed E-state index contributed by atoms with van der Waals surface area (Å²) in [6.07, 6.45) is 3.78. The van der Waals surface area contributed by atoms with E-state index in [1.807, 2.05) is 12.1 Å². The van der Waals surface area contributed by atoms with Gasteiger partial charge in [-0.25, -0.2) is 4.98 Å². The van der Waals surface area contributed by atoms with Gasteiger partial charge >= 0.3 is 0 Å². The highest BCUT2D eigenvalue weighted by molar-refractivity contribution is 6.31. The zero-order valence-corrected chi connectivity index (χ0v) is 21.2. The van der Waals surface area contributed by atoms with E-state index in [0.29, 0.717) is 34.9 Å². The zero-order chi connectivity index (χ0) is 25.7. The number of anilines is 4. The van der Waals surface area contributed by atoms with E-state index in [0.717, 1.165) is 25.2 Å². The summed E-state index contributed by atoms with van der Waals surface area (Å²) in [6, 6.07) is 13.4. The normalized spacial score (nSPS) is 15.0. The van der Waals surface area contributed by atoms with Crippen molar-refractivity contribution >= 4 is 40.5 Å². The van der Waals surface area contributed by atoms with Gasteiger partial charge in [-0.15, -0.1) is 0 Å². The molecule has 1 amide bonds. The van der Waals surface area contributed by atoms with Crippen LogP contribution in [0, 0.1) is 0 Å². The lowest BCUT2D eigenvalue weighted by Crippen LogP contribution is -2.31. The molecule has 0 spiro atoms. The molecule has 188 valence electrons. The van der Waals surface area contributed by atoms with Gasteiger partial charge in [0.15, 0.2) is 0 Å². The van der Waals surface area contributed by atoms with E-state index in [-0.39, 0.29) is 16.8 Å². The van der Waals surface area contributed by atoms with Crippen molar-refractivity contribution in [3.05, 3.63) is 66.3 Å². The fourth-order valence-corrected chi connectivity index (χ4v) is 4.05. The number of halogens is 1. The van der Waals surface area contributed by atoms with E-state index < -0.39 is 0 Å². The lowest BCUT2D eigenvalue weighted by Gasteiger charge is -2.23. The second kappa shape index (κ2) is 11.3. The molecule has 9 nitrogen and oxygen atoms in total. The van der Waals surface area contributed by atoms with Crippen molar-refractivity contribution in [3.63, 3.8) is 0 Å². The molecule has 0 bridgehead atoms. The van der Waals surface area contributed by atoms with E-state index in [1.165, 1.54) is 12.3 Å². The Hall–Kier alpha value is -3.82. The van der Waals surface area contributed by atoms with Crippen LogP contribution in [-0.2, 0) is 4.79 Å². The Morgan fingerprint density at radius 3 is 2.83 bits per heavy atom. The van der Waals surface area contributed by atoms with Gasteiger partial charge in [-0.3, -0.25) is 4.79 Å².